The Morgan fingerprint density at radius 1 is 1.31 bits per heavy atom. The molecule has 1 aromatic carbocycles. The molecular formula is C21H25NO4. The summed E-state index contributed by atoms with van der Waals surface area (Å²) < 4.78 is 5.75. The van der Waals surface area contributed by atoms with Crippen molar-refractivity contribution in [2.75, 3.05) is 11.9 Å². The van der Waals surface area contributed by atoms with Crippen LogP contribution in [0.2, 0.25) is 0 Å². The molecule has 1 amide bonds. The average Bonchev–Trinajstić information content (AvgIpc) is 2.61. The van der Waals surface area contributed by atoms with Crippen molar-refractivity contribution in [1.82, 2.24) is 0 Å². The summed E-state index contributed by atoms with van der Waals surface area (Å²) in [4.78, 5) is 24.5. The first-order valence-corrected chi connectivity index (χ1v) is 8.70. The topological polar surface area (TPSA) is 75.6 Å². The van der Waals surface area contributed by atoms with E-state index in [-0.39, 0.29) is 24.4 Å². The zero-order valence-corrected chi connectivity index (χ0v) is 15.4. The van der Waals surface area contributed by atoms with Gasteiger partial charge in [-0.25, -0.2) is 0 Å². The number of Topliss-reactive ketones (excluding diaryl/α,β-unsaturated/α-hetero) is 1. The van der Waals surface area contributed by atoms with Crippen molar-refractivity contribution in [3.63, 3.8) is 0 Å². The van der Waals surface area contributed by atoms with Crippen molar-refractivity contribution < 1.29 is 19.4 Å². The summed E-state index contributed by atoms with van der Waals surface area (Å²) in [6, 6.07) is 5.02. The smallest absolute Gasteiger partial charge is 0.235 e. The van der Waals surface area contributed by atoms with Crippen LogP contribution in [0.25, 0.3) is 0 Å². The number of hydrogen-bond donors (Lipinski definition) is 2. The minimum absolute atomic E-state index is 0.0302. The van der Waals surface area contributed by atoms with Crippen LogP contribution in [0.1, 0.15) is 37.6 Å². The summed E-state index contributed by atoms with van der Waals surface area (Å²) in [6.45, 7) is 5.31. The molecule has 138 valence electrons. The fourth-order valence-corrected chi connectivity index (χ4v) is 2.64. The number of allylic oxidation sites excluding steroid dienone is 3. The molecule has 0 heterocycles. The molecule has 0 bridgehead atoms. The molecule has 26 heavy (non-hydrogen) atoms. The van der Waals surface area contributed by atoms with E-state index in [1.807, 2.05) is 38.2 Å². The molecule has 0 spiro atoms. The SMILES string of the molecule is CC(=O)c1ccc(OC(C)C)c(NC(=O)C2C=CC=CC2=CCCO)c1. The maximum absolute atomic E-state index is 12.8. The van der Waals surface area contributed by atoms with Crippen LogP contribution in [0.5, 0.6) is 5.75 Å². The highest BCUT2D eigenvalue weighted by atomic mass is 16.5. The van der Waals surface area contributed by atoms with E-state index in [0.717, 1.165) is 5.57 Å². The Labute approximate surface area is 154 Å². The minimum Gasteiger partial charge on any atom is -0.489 e. The number of carbonyl (C=O) groups excluding carboxylic acids is 2. The van der Waals surface area contributed by atoms with Crippen LogP contribution >= 0.6 is 0 Å². The number of rotatable bonds is 7. The quantitative estimate of drug-likeness (QED) is 0.732. The van der Waals surface area contributed by atoms with Crippen molar-refractivity contribution >= 4 is 17.4 Å². The maximum atomic E-state index is 12.8. The van der Waals surface area contributed by atoms with Gasteiger partial charge in [-0.3, -0.25) is 9.59 Å². The van der Waals surface area contributed by atoms with E-state index >= 15 is 0 Å². The molecule has 0 fully saturated rings. The van der Waals surface area contributed by atoms with Gasteiger partial charge in [-0.15, -0.1) is 0 Å². The first-order chi connectivity index (χ1) is 12.4. The van der Waals surface area contributed by atoms with E-state index in [0.29, 0.717) is 23.4 Å². The molecule has 1 unspecified atom stereocenters. The van der Waals surface area contributed by atoms with Crippen LogP contribution < -0.4 is 10.1 Å². The zero-order valence-electron chi connectivity index (χ0n) is 15.4. The number of ketones is 1. The van der Waals surface area contributed by atoms with Crippen LogP contribution in [0.4, 0.5) is 5.69 Å². The number of nitrogens with one attached hydrogen (secondary N) is 1. The second-order valence-electron chi connectivity index (χ2n) is 6.36. The number of aliphatic hydroxyl groups excluding tert-OH is 1. The standard InChI is InChI=1S/C21H25NO4/c1-14(2)26-20-11-10-17(15(3)24)13-19(20)22-21(25)18-9-5-4-7-16(18)8-6-12-23/h4-5,7-11,13-14,18,23H,6,12H2,1-3H3,(H,22,25). The van der Waals surface area contributed by atoms with E-state index in [1.54, 1.807) is 24.3 Å². The van der Waals surface area contributed by atoms with E-state index in [4.69, 9.17) is 9.84 Å². The third kappa shape index (κ3) is 5.17. The van der Waals surface area contributed by atoms with Crippen molar-refractivity contribution in [2.24, 2.45) is 5.92 Å². The number of carbonyl (C=O) groups is 2. The van der Waals surface area contributed by atoms with Gasteiger partial charge in [0.2, 0.25) is 5.91 Å². The molecule has 5 nitrogen and oxygen atoms in total. The predicted octanol–water partition coefficient (Wildman–Crippen LogP) is 3.67. The highest BCUT2D eigenvalue weighted by molar-refractivity contribution is 6.00. The van der Waals surface area contributed by atoms with Crippen molar-refractivity contribution in [1.29, 1.82) is 0 Å². The highest BCUT2D eigenvalue weighted by Gasteiger charge is 2.22. The molecule has 2 rings (SSSR count). The Bertz CT molecular complexity index is 759. The summed E-state index contributed by atoms with van der Waals surface area (Å²) in [5.74, 6) is -0.237. The number of anilines is 1. The average molecular weight is 355 g/mol. The molecule has 1 aromatic rings. The lowest BCUT2D eigenvalue weighted by atomic mass is 9.92. The summed E-state index contributed by atoms with van der Waals surface area (Å²) in [7, 11) is 0. The van der Waals surface area contributed by atoms with Crippen LogP contribution in [0, 0.1) is 5.92 Å². The van der Waals surface area contributed by atoms with E-state index in [1.165, 1.54) is 6.92 Å². The molecule has 0 saturated carbocycles. The summed E-state index contributed by atoms with van der Waals surface area (Å²) in [5, 5.41) is 11.9. The third-order valence-corrected chi connectivity index (χ3v) is 3.86. The molecule has 0 saturated heterocycles. The van der Waals surface area contributed by atoms with Gasteiger partial charge >= 0.3 is 0 Å². The second kappa shape index (κ2) is 9.15. The molecular weight excluding hydrogens is 330 g/mol. The first-order valence-electron chi connectivity index (χ1n) is 8.70. The number of hydrogen-bond acceptors (Lipinski definition) is 4. The first kappa shape index (κ1) is 19.7. The Morgan fingerprint density at radius 2 is 2.08 bits per heavy atom. The fraction of sp³-hybridized carbons (Fsp3) is 0.333. The Hall–Kier alpha value is -2.66. The lowest BCUT2D eigenvalue weighted by Gasteiger charge is -2.20. The third-order valence-electron chi connectivity index (χ3n) is 3.86. The maximum Gasteiger partial charge on any atom is 0.235 e. The monoisotopic (exact) mass is 355 g/mol. The minimum atomic E-state index is -0.459. The van der Waals surface area contributed by atoms with Crippen LogP contribution in [0.15, 0.2) is 54.2 Å². The van der Waals surface area contributed by atoms with Gasteiger partial charge in [-0.05, 0) is 51.0 Å². The summed E-state index contributed by atoms with van der Waals surface area (Å²) in [5.41, 5.74) is 1.81. The van der Waals surface area contributed by atoms with Crippen LogP contribution in [0.3, 0.4) is 0 Å². The molecule has 0 aliphatic heterocycles. The molecule has 2 N–H and O–H groups in total. The van der Waals surface area contributed by atoms with Gasteiger partial charge in [0.1, 0.15) is 5.75 Å². The Balaban J connectivity index is 2.28. The van der Waals surface area contributed by atoms with Gasteiger partial charge < -0.3 is 15.2 Å². The predicted molar refractivity (Wildman–Crippen MR) is 102 cm³/mol. The van der Waals surface area contributed by atoms with E-state index in [9.17, 15) is 9.59 Å². The Kier molecular flexibility index (Phi) is 6.92. The van der Waals surface area contributed by atoms with Crippen molar-refractivity contribution in [3.05, 3.63) is 59.7 Å². The summed E-state index contributed by atoms with van der Waals surface area (Å²) in [6.07, 6.45) is 9.61. The van der Waals surface area contributed by atoms with E-state index in [2.05, 4.69) is 5.32 Å². The normalized spacial score (nSPS) is 17.6. The fourth-order valence-electron chi connectivity index (χ4n) is 2.64. The Morgan fingerprint density at radius 3 is 2.73 bits per heavy atom. The highest BCUT2D eigenvalue weighted by Crippen LogP contribution is 2.29. The van der Waals surface area contributed by atoms with Crippen molar-refractivity contribution in [2.45, 2.75) is 33.3 Å². The largest absolute Gasteiger partial charge is 0.489 e. The zero-order chi connectivity index (χ0) is 19.1. The lowest BCUT2D eigenvalue weighted by molar-refractivity contribution is -0.117. The molecule has 1 aliphatic carbocycles. The van der Waals surface area contributed by atoms with Crippen LogP contribution in [-0.2, 0) is 4.79 Å². The number of amides is 1. The van der Waals surface area contributed by atoms with Gasteiger partial charge in [-0.2, -0.15) is 0 Å². The molecule has 0 radical (unpaired) electrons. The number of aliphatic hydroxyl groups is 1. The van der Waals surface area contributed by atoms with Gasteiger partial charge in [0, 0.05) is 12.2 Å². The van der Waals surface area contributed by atoms with Gasteiger partial charge in [0.25, 0.3) is 0 Å². The second-order valence-corrected chi connectivity index (χ2v) is 6.36. The molecule has 1 atom stereocenters. The number of benzene rings is 1. The van der Waals surface area contributed by atoms with Gasteiger partial charge in [0.05, 0.1) is 17.7 Å². The van der Waals surface area contributed by atoms with Crippen molar-refractivity contribution in [3.8, 4) is 5.75 Å². The van der Waals surface area contributed by atoms with Crippen LogP contribution in [-0.4, -0.2) is 29.5 Å². The van der Waals surface area contributed by atoms with Gasteiger partial charge in [0.15, 0.2) is 5.78 Å². The number of ether oxygens (including phenoxy) is 1. The molecule has 1 aliphatic rings. The van der Waals surface area contributed by atoms with Gasteiger partial charge in [-0.1, -0.05) is 30.4 Å². The lowest BCUT2D eigenvalue weighted by Crippen LogP contribution is -2.24. The van der Waals surface area contributed by atoms with E-state index < -0.39 is 5.92 Å². The molecule has 5 heteroatoms. The summed E-state index contributed by atoms with van der Waals surface area (Å²) >= 11 is 0. The molecule has 0 aromatic heterocycles.